The molecule has 0 N–H and O–H groups in total. The summed E-state index contributed by atoms with van der Waals surface area (Å²) in [6, 6.07) is 9.60. The third kappa shape index (κ3) is 9.78. The Hall–Kier alpha value is -3.14. The second-order valence-electron chi connectivity index (χ2n) is 9.34. The fraction of sp³-hybridized carbons (Fsp3) is 0.520. The Morgan fingerprint density at radius 1 is 1.03 bits per heavy atom. The summed E-state index contributed by atoms with van der Waals surface area (Å²) in [4.78, 5) is 36.4. The van der Waals surface area contributed by atoms with Gasteiger partial charge in [-0.05, 0) is 65.2 Å². The van der Waals surface area contributed by atoms with Crippen LogP contribution in [0.25, 0.3) is 5.57 Å². The maximum Gasteiger partial charge on any atom is 0.322 e. The number of nitro groups is 1. The molecular weight excluding hydrogens is 410 g/mol. The summed E-state index contributed by atoms with van der Waals surface area (Å²) in [6.45, 7) is 11.2. The minimum atomic E-state index is -1.54. The first kappa shape index (κ1) is 26.9. The number of hydrogen-bond donors (Lipinski definition) is 0. The van der Waals surface area contributed by atoms with Gasteiger partial charge < -0.3 is 9.47 Å². The van der Waals surface area contributed by atoms with Gasteiger partial charge >= 0.3 is 11.9 Å². The predicted octanol–water partition coefficient (Wildman–Crippen LogP) is 4.68. The average molecular weight is 444 g/mol. The van der Waals surface area contributed by atoms with Gasteiger partial charge in [-0.3, -0.25) is 19.7 Å². The third-order valence-electron chi connectivity index (χ3n) is 4.11. The van der Waals surface area contributed by atoms with Gasteiger partial charge in [0.2, 0.25) is 6.54 Å². The van der Waals surface area contributed by atoms with E-state index >= 15 is 0 Å². The van der Waals surface area contributed by atoms with E-state index in [2.05, 4.69) is 11.8 Å². The molecule has 0 saturated heterocycles. The van der Waals surface area contributed by atoms with E-state index in [1.807, 2.05) is 37.3 Å². The van der Waals surface area contributed by atoms with E-state index in [9.17, 15) is 19.7 Å². The van der Waals surface area contributed by atoms with Crippen LogP contribution in [0, 0.1) is 33.8 Å². The molecule has 0 aliphatic heterocycles. The summed E-state index contributed by atoms with van der Waals surface area (Å²) >= 11 is 0. The van der Waals surface area contributed by atoms with Crippen LogP contribution >= 0.6 is 0 Å². The molecule has 1 atom stereocenters. The van der Waals surface area contributed by atoms with Crippen LogP contribution in [-0.2, 0) is 19.1 Å². The molecule has 0 fully saturated rings. The van der Waals surface area contributed by atoms with Crippen molar-refractivity contribution < 1.29 is 24.0 Å². The average Bonchev–Trinajstić information content (AvgIpc) is 2.62. The molecule has 0 aromatic heterocycles. The molecule has 1 rings (SSSR count). The summed E-state index contributed by atoms with van der Waals surface area (Å²) in [5.41, 5.74) is 0.147. The van der Waals surface area contributed by atoms with Crippen molar-refractivity contribution in [1.82, 2.24) is 0 Å². The lowest BCUT2D eigenvalue weighted by Crippen LogP contribution is -2.42. The van der Waals surface area contributed by atoms with E-state index in [1.54, 1.807) is 47.6 Å². The van der Waals surface area contributed by atoms with Crippen molar-refractivity contribution in [1.29, 1.82) is 0 Å². The van der Waals surface area contributed by atoms with Crippen LogP contribution in [-0.4, -0.2) is 34.6 Å². The van der Waals surface area contributed by atoms with Gasteiger partial charge in [0.25, 0.3) is 0 Å². The number of benzene rings is 1. The van der Waals surface area contributed by atoms with Crippen molar-refractivity contribution in [2.24, 2.45) is 11.8 Å². The number of hydrogen-bond acceptors (Lipinski definition) is 6. The molecule has 1 unspecified atom stereocenters. The molecule has 0 aliphatic rings. The van der Waals surface area contributed by atoms with E-state index in [1.165, 1.54) is 0 Å². The topological polar surface area (TPSA) is 95.7 Å². The maximum atomic E-state index is 12.9. The zero-order chi connectivity index (χ0) is 24.5. The van der Waals surface area contributed by atoms with Crippen molar-refractivity contribution in [2.45, 2.75) is 66.1 Å². The largest absolute Gasteiger partial charge is 0.459 e. The molecule has 1 aromatic carbocycles. The number of carbonyl (C=O) groups is 2. The first-order valence-corrected chi connectivity index (χ1v) is 10.6. The molecule has 0 aliphatic carbocycles. The number of allylic oxidation sites excluding steroid dienone is 2. The van der Waals surface area contributed by atoms with Gasteiger partial charge in [0.05, 0.1) is 0 Å². The molecule has 0 amide bonds. The fourth-order valence-electron chi connectivity index (χ4n) is 2.83. The second-order valence-corrected chi connectivity index (χ2v) is 9.34. The van der Waals surface area contributed by atoms with Gasteiger partial charge in [-0.1, -0.05) is 49.1 Å². The van der Waals surface area contributed by atoms with E-state index < -0.39 is 46.4 Å². The summed E-state index contributed by atoms with van der Waals surface area (Å²) in [5, 5.41) is 11.3. The fourth-order valence-corrected chi connectivity index (χ4v) is 2.83. The number of nitrogens with zero attached hydrogens (tertiary/aromatic N) is 1. The van der Waals surface area contributed by atoms with Gasteiger partial charge in [0, 0.05) is 4.92 Å². The van der Waals surface area contributed by atoms with Gasteiger partial charge in [-0.25, -0.2) is 0 Å². The number of esters is 2. The molecule has 0 saturated carbocycles. The summed E-state index contributed by atoms with van der Waals surface area (Å²) < 4.78 is 10.7. The summed E-state index contributed by atoms with van der Waals surface area (Å²) in [5.74, 6) is 1.04. The normalized spacial score (nSPS) is 13.1. The van der Waals surface area contributed by atoms with Crippen LogP contribution in [0.1, 0.15) is 60.5 Å². The maximum absolute atomic E-state index is 12.9. The molecule has 174 valence electrons. The van der Waals surface area contributed by atoms with Gasteiger partial charge in [0.15, 0.2) is 5.92 Å². The molecule has 0 spiro atoms. The van der Waals surface area contributed by atoms with Gasteiger partial charge in [-0.15, -0.1) is 0 Å². The second kappa shape index (κ2) is 11.5. The van der Waals surface area contributed by atoms with Crippen LogP contribution < -0.4 is 0 Å². The minimum absolute atomic E-state index is 0.595. The highest BCUT2D eigenvalue weighted by atomic mass is 16.6. The van der Waals surface area contributed by atoms with E-state index in [0.29, 0.717) is 6.42 Å². The molecule has 7 nitrogen and oxygen atoms in total. The lowest BCUT2D eigenvalue weighted by atomic mass is 9.91. The first-order valence-electron chi connectivity index (χ1n) is 10.6. The minimum Gasteiger partial charge on any atom is -0.459 e. The lowest BCUT2D eigenvalue weighted by molar-refractivity contribution is -0.486. The zero-order valence-electron chi connectivity index (χ0n) is 19.9. The zero-order valence-corrected chi connectivity index (χ0v) is 19.9. The highest BCUT2D eigenvalue weighted by Gasteiger charge is 2.42. The highest BCUT2D eigenvalue weighted by Crippen LogP contribution is 2.23. The monoisotopic (exact) mass is 443 g/mol. The summed E-state index contributed by atoms with van der Waals surface area (Å²) in [6.07, 6.45) is 2.35. The van der Waals surface area contributed by atoms with E-state index in [0.717, 1.165) is 11.1 Å². The molecule has 1 aromatic rings. The summed E-state index contributed by atoms with van der Waals surface area (Å²) in [7, 11) is 0. The Labute approximate surface area is 190 Å². The van der Waals surface area contributed by atoms with Gasteiger partial charge in [0.1, 0.15) is 17.1 Å². The Morgan fingerprint density at radius 2 is 1.53 bits per heavy atom. The van der Waals surface area contributed by atoms with Gasteiger partial charge in [-0.2, -0.15) is 0 Å². The number of carbonyl (C=O) groups excluding carboxylic acids is 2. The standard InChI is InChI=1S/C25H33NO6/c1-8-18(19-13-10-9-11-14-19)15-12-16-20(17-26(29)30)21(22(27)31-24(2,3)4)23(28)32-25(5,6)7/h9-11,13-15,20-21H,8,17H2,1-7H3/b18-15+. The molecule has 7 heteroatoms. The Bertz CT molecular complexity index is 866. The van der Waals surface area contributed by atoms with Crippen molar-refractivity contribution in [3.05, 3.63) is 52.1 Å². The van der Waals surface area contributed by atoms with Crippen LogP contribution in [0.4, 0.5) is 0 Å². The van der Waals surface area contributed by atoms with Crippen molar-refractivity contribution in [3.8, 4) is 11.8 Å². The highest BCUT2D eigenvalue weighted by molar-refractivity contribution is 5.96. The van der Waals surface area contributed by atoms with Crippen LogP contribution in [0.15, 0.2) is 36.4 Å². The predicted molar refractivity (Wildman–Crippen MR) is 123 cm³/mol. The lowest BCUT2D eigenvalue weighted by Gasteiger charge is -2.27. The molecule has 0 radical (unpaired) electrons. The molecular formula is C25H33NO6. The number of ether oxygens (including phenoxy) is 2. The third-order valence-corrected chi connectivity index (χ3v) is 4.11. The van der Waals surface area contributed by atoms with Crippen molar-refractivity contribution in [3.63, 3.8) is 0 Å². The molecule has 0 heterocycles. The quantitative estimate of drug-likeness (QED) is 0.200. The van der Waals surface area contributed by atoms with Crippen LogP contribution in [0.5, 0.6) is 0 Å². The van der Waals surface area contributed by atoms with E-state index in [-0.39, 0.29) is 0 Å². The van der Waals surface area contributed by atoms with Crippen molar-refractivity contribution >= 4 is 17.5 Å². The molecule has 32 heavy (non-hydrogen) atoms. The van der Waals surface area contributed by atoms with E-state index in [4.69, 9.17) is 9.47 Å². The van der Waals surface area contributed by atoms with Crippen LogP contribution in [0.3, 0.4) is 0 Å². The smallest absolute Gasteiger partial charge is 0.322 e. The van der Waals surface area contributed by atoms with Crippen LogP contribution in [0.2, 0.25) is 0 Å². The number of rotatable bonds is 7. The SMILES string of the molecule is CC/C(=C\C#CC(C[N+](=O)[O-])C(C(=O)OC(C)(C)C)C(=O)OC(C)(C)C)c1ccccc1. The molecule has 0 bridgehead atoms. The Balaban J connectivity index is 3.39. The van der Waals surface area contributed by atoms with Crippen molar-refractivity contribution in [2.75, 3.05) is 6.54 Å². The Kier molecular flexibility index (Phi) is 9.64. The Morgan fingerprint density at radius 3 is 1.94 bits per heavy atom. The first-order chi connectivity index (χ1) is 14.7.